The second-order valence-electron chi connectivity index (χ2n) is 6.03. The molecule has 22 heavy (non-hydrogen) atoms. The number of allylic oxidation sites excluding steroid dienone is 1. The van der Waals surface area contributed by atoms with Gasteiger partial charge in [0.15, 0.2) is 0 Å². The van der Waals surface area contributed by atoms with Crippen LogP contribution in [0.5, 0.6) is 0 Å². The van der Waals surface area contributed by atoms with Gasteiger partial charge in [0.25, 0.3) is 5.69 Å². The van der Waals surface area contributed by atoms with Crippen molar-refractivity contribution in [1.29, 1.82) is 0 Å². The first-order valence-corrected chi connectivity index (χ1v) is 7.49. The summed E-state index contributed by atoms with van der Waals surface area (Å²) >= 11 is 11.3. The molecule has 0 spiro atoms. The van der Waals surface area contributed by atoms with Crippen LogP contribution in [0.2, 0.25) is 0 Å². The summed E-state index contributed by atoms with van der Waals surface area (Å²) in [7, 11) is 0. The first-order valence-electron chi connectivity index (χ1n) is 6.73. The van der Waals surface area contributed by atoms with Crippen molar-refractivity contribution in [3.8, 4) is 0 Å². The molecule has 0 radical (unpaired) electrons. The summed E-state index contributed by atoms with van der Waals surface area (Å²) in [4.78, 5) is 22.6. The summed E-state index contributed by atoms with van der Waals surface area (Å²) < 4.78 is 0.153. The van der Waals surface area contributed by atoms with Crippen molar-refractivity contribution < 1.29 is 9.72 Å². The van der Waals surface area contributed by atoms with Gasteiger partial charge in [-0.1, -0.05) is 37.0 Å². The Morgan fingerprint density at radius 2 is 2.05 bits per heavy atom. The number of amides is 1. The van der Waals surface area contributed by atoms with E-state index in [1.54, 1.807) is 19.1 Å². The van der Waals surface area contributed by atoms with Gasteiger partial charge in [0, 0.05) is 17.8 Å². The quantitative estimate of drug-likeness (QED) is 0.649. The van der Waals surface area contributed by atoms with Gasteiger partial charge in [-0.05, 0) is 36.0 Å². The van der Waals surface area contributed by atoms with Crippen LogP contribution in [0.15, 0.2) is 28.8 Å². The van der Waals surface area contributed by atoms with Gasteiger partial charge in [-0.3, -0.25) is 14.9 Å². The predicted molar refractivity (Wildman–Crippen MR) is 87.0 cm³/mol. The number of hydrogen-bond acceptors (Lipinski definition) is 3. The number of carbonyl (C=O) groups excluding carboxylic acids is 1. The Balaban J connectivity index is 2.14. The Bertz CT molecular complexity index is 667. The van der Waals surface area contributed by atoms with Crippen LogP contribution in [0.4, 0.5) is 11.4 Å². The maximum absolute atomic E-state index is 12.4. The number of non-ortho nitro benzene ring substituents is 1. The Kier molecular flexibility index (Phi) is 4.49. The molecule has 1 aromatic rings. The smallest absolute Gasteiger partial charge is 0.269 e. The minimum atomic E-state index is -0.466. The number of aryl methyl sites for hydroxylation is 1. The summed E-state index contributed by atoms with van der Waals surface area (Å²) in [6.07, 6.45) is 1.68. The van der Waals surface area contributed by atoms with Gasteiger partial charge in [0.2, 0.25) is 5.91 Å². The molecule has 2 atom stereocenters. The van der Waals surface area contributed by atoms with Gasteiger partial charge in [-0.15, -0.1) is 0 Å². The largest absolute Gasteiger partial charge is 0.326 e. The van der Waals surface area contributed by atoms with E-state index in [1.165, 1.54) is 12.1 Å². The highest BCUT2D eigenvalue weighted by Gasteiger charge is 2.60. The molecule has 0 unspecified atom stereocenters. The van der Waals surface area contributed by atoms with E-state index in [2.05, 4.69) is 5.32 Å². The monoisotopic (exact) mass is 342 g/mol. The molecule has 1 aliphatic rings. The van der Waals surface area contributed by atoms with E-state index in [9.17, 15) is 14.9 Å². The van der Waals surface area contributed by atoms with E-state index in [4.69, 9.17) is 23.2 Å². The lowest BCUT2D eigenvalue weighted by Crippen LogP contribution is -2.17. The molecule has 1 amide bonds. The summed E-state index contributed by atoms with van der Waals surface area (Å²) in [5.41, 5.74) is 0.992. The normalized spacial score (nSPS) is 21.9. The number of nitro benzene ring substituents is 1. The fourth-order valence-electron chi connectivity index (χ4n) is 2.74. The average Bonchev–Trinajstić information content (AvgIpc) is 2.92. The van der Waals surface area contributed by atoms with Crippen LogP contribution in [0.1, 0.15) is 19.4 Å². The molecule has 7 heteroatoms. The van der Waals surface area contributed by atoms with E-state index in [0.29, 0.717) is 11.3 Å². The molecule has 118 valence electrons. The van der Waals surface area contributed by atoms with Crippen molar-refractivity contribution in [1.82, 2.24) is 0 Å². The summed E-state index contributed by atoms with van der Waals surface area (Å²) in [5, 5.41) is 13.5. The molecule has 0 saturated heterocycles. The van der Waals surface area contributed by atoms with E-state index in [0.717, 1.165) is 0 Å². The van der Waals surface area contributed by atoms with Crippen molar-refractivity contribution >= 4 is 40.5 Å². The number of anilines is 1. The third-order valence-electron chi connectivity index (χ3n) is 4.18. The van der Waals surface area contributed by atoms with E-state index >= 15 is 0 Å². The lowest BCUT2D eigenvalue weighted by atomic mass is 10.1. The molecule has 0 heterocycles. The molecule has 0 aliphatic heterocycles. The van der Waals surface area contributed by atoms with E-state index in [1.807, 2.05) is 13.8 Å². The minimum Gasteiger partial charge on any atom is -0.326 e. The van der Waals surface area contributed by atoms with Gasteiger partial charge in [-0.2, -0.15) is 0 Å². The number of hydrogen-bond donors (Lipinski definition) is 1. The van der Waals surface area contributed by atoms with Crippen molar-refractivity contribution in [2.24, 2.45) is 17.3 Å². The molecule has 1 aliphatic carbocycles. The number of nitrogens with zero attached hydrogens (tertiary/aromatic N) is 1. The molecule has 1 N–H and O–H groups in total. The van der Waals surface area contributed by atoms with Gasteiger partial charge >= 0.3 is 0 Å². The van der Waals surface area contributed by atoms with Crippen molar-refractivity contribution in [2.45, 2.75) is 20.8 Å². The molecule has 5 nitrogen and oxygen atoms in total. The van der Waals surface area contributed by atoms with Crippen LogP contribution in [-0.4, -0.2) is 10.8 Å². The van der Waals surface area contributed by atoms with Crippen molar-refractivity contribution in [3.63, 3.8) is 0 Å². The molecule has 0 aromatic heterocycles. The number of rotatable bonds is 4. The second kappa shape index (κ2) is 5.89. The number of halogens is 2. The van der Waals surface area contributed by atoms with Gasteiger partial charge in [0.1, 0.15) is 4.49 Å². The average molecular weight is 343 g/mol. The number of nitro groups is 1. The van der Waals surface area contributed by atoms with Crippen molar-refractivity contribution in [2.75, 3.05) is 5.32 Å². The third kappa shape index (κ3) is 3.25. The number of benzene rings is 1. The summed E-state index contributed by atoms with van der Waals surface area (Å²) in [6, 6.07) is 4.34. The van der Waals surface area contributed by atoms with Crippen LogP contribution < -0.4 is 5.32 Å². The summed E-state index contributed by atoms with van der Waals surface area (Å²) in [6.45, 7) is 5.66. The minimum absolute atomic E-state index is 0.00279. The summed E-state index contributed by atoms with van der Waals surface area (Å²) in [5.74, 6) is -0.386. The third-order valence-corrected chi connectivity index (χ3v) is 4.43. The Hall–Kier alpha value is -1.59. The topological polar surface area (TPSA) is 72.2 Å². The van der Waals surface area contributed by atoms with E-state index < -0.39 is 4.92 Å². The number of carbonyl (C=O) groups is 1. The maximum atomic E-state index is 12.4. The number of nitrogens with one attached hydrogen (secondary N) is 1. The van der Waals surface area contributed by atoms with Crippen LogP contribution in [0.25, 0.3) is 0 Å². The maximum Gasteiger partial charge on any atom is 0.269 e. The van der Waals surface area contributed by atoms with Crippen LogP contribution >= 0.6 is 23.2 Å². The highest BCUT2D eigenvalue weighted by molar-refractivity contribution is 6.55. The highest BCUT2D eigenvalue weighted by Crippen LogP contribution is 2.60. The molecular formula is C15H16Cl2N2O3. The van der Waals surface area contributed by atoms with Gasteiger partial charge < -0.3 is 5.32 Å². The fraction of sp³-hybridized carbons (Fsp3) is 0.400. The molecule has 1 saturated carbocycles. The first kappa shape index (κ1) is 16.8. The second-order valence-corrected chi connectivity index (χ2v) is 7.03. The van der Waals surface area contributed by atoms with E-state index in [-0.39, 0.29) is 33.3 Å². The molecule has 1 fully saturated rings. The molecule has 2 rings (SSSR count). The fourth-order valence-corrected chi connectivity index (χ4v) is 3.01. The van der Waals surface area contributed by atoms with Crippen molar-refractivity contribution in [3.05, 3.63) is 44.4 Å². The Labute approximate surface area is 138 Å². The Morgan fingerprint density at radius 1 is 1.41 bits per heavy atom. The lowest BCUT2D eigenvalue weighted by Gasteiger charge is -2.09. The molecule has 1 aromatic carbocycles. The Morgan fingerprint density at radius 3 is 2.55 bits per heavy atom. The standard InChI is InChI=1S/C15H16Cl2N2O3/c1-8-6-9(19(21)22)4-5-11(8)18-14(20)13-10(7-12(16)17)15(13,2)3/h4-7,10,13H,1-3H3,(H,18,20)/t10-,13-/m0/s1. The zero-order valence-corrected chi connectivity index (χ0v) is 13.9. The van der Waals surface area contributed by atoms with Crippen LogP contribution in [0, 0.1) is 34.3 Å². The SMILES string of the molecule is Cc1cc([N+](=O)[O-])ccc1NC(=O)[C@@H]1[C@H](C=C(Cl)Cl)C1(C)C. The lowest BCUT2D eigenvalue weighted by molar-refractivity contribution is -0.384. The predicted octanol–water partition coefficient (Wildman–Crippen LogP) is 4.43. The van der Waals surface area contributed by atoms with Crippen LogP contribution in [-0.2, 0) is 4.79 Å². The molecule has 0 bridgehead atoms. The van der Waals surface area contributed by atoms with Gasteiger partial charge in [-0.25, -0.2) is 0 Å². The highest BCUT2D eigenvalue weighted by atomic mass is 35.5. The van der Waals surface area contributed by atoms with Crippen LogP contribution in [0.3, 0.4) is 0 Å². The zero-order valence-electron chi connectivity index (χ0n) is 12.4. The zero-order chi connectivity index (χ0) is 16.7. The van der Waals surface area contributed by atoms with Gasteiger partial charge in [0.05, 0.1) is 10.8 Å². The first-order chi connectivity index (χ1) is 10.1. The molecular weight excluding hydrogens is 327 g/mol.